The van der Waals surface area contributed by atoms with E-state index in [0.717, 1.165) is 27.9 Å². The van der Waals surface area contributed by atoms with E-state index in [4.69, 9.17) is 4.74 Å². The molecule has 2 aromatic carbocycles. The third-order valence-corrected chi connectivity index (χ3v) is 8.46. The molecule has 8 nitrogen and oxygen atoms in total. The van der Waals surface area contributed by atoms with E-state index in [9.17, 15) is 18.0 Å². The van der Waals surface area contributed by atoms with Gasteiger partial charge in [0.05, 0.1) is 23.7 Å². The van der Waals surface area contributed by atoms with Gasteiger partial charge in [-0.3, -0.25) is 9.10 Å². The minimum atomic E-state index is -3.98. The summed E-state index contributed by atoms with van der Waals surface area (Å²) in [7, 11) is -2.65. The molecule has 3 heterocycles. The number of hydrogen-bond donors (Lipinski definition) is 1. The number of ether oxygens (including phenoxy) is 1. The van der Waals surface area contributed by atoms with Crippen LogP contribution in [0.2, 0.25) is 0 Å². The highest BCUT2D eigenvalue weighted by Gasteiger charge is 2.34. The second kappa shape index (κ2) is 7.64. The van der Waals surface area contributed by atoms with Crippen LogP contribution in [0.5, 0.6) is 5.75 Å². The number of anilines is 1. The van der Waals surface area contributed by atoms with Crippen molar-refractivity contribution < 1.29 is 13.2 Å². The van der Waals surface area contributed by atoms with Gasteiger partial charge in [0, 0.05) is 11.9 Å². The van der Waals surface area contributed by atoms with E-state index in [2.05, 4.69) is 4.98 Å². The van der Waals surface area contributed by atoms with Crippen LogP contribution in [0.4, 0.5) is 5.69 Å². The summed E-state index contributed by atoms with van der Waals surface area (Å²) >= 11 is 0.975. The maximum absolute atomic E-state index is 13.6. The highest BCUT2D eigenvalue weighted by molar-refractivity contribution is 7.93. The van der Waals surface area contributed by atoms with Gasteiger partial charge in [-0.25, -0.2) is 17.8 Å². The zero-order valence-electron chi connectivity index (χ0n) is 17.1. The summed E-state index contributed by atoms with van der Waals surface area (Å²) < 4.78 is 35.0. The number of nitrogens with one attached hydrogen (secondary N) is 1. The molecule has 1 N–H and O–H groups in total. The van der Waals surface area contributed by atoms with Crippen LogP contribution in [0, 0.1) is 0 Å². The highest BCUT2D eigenvalue weighted by Crippen LogP contribution is 2.40. The van der Waals surface area contributed by atoms with E-state index >= 15 is 0 Å². The van der Waals surface area contributed by atoms with Gasteiger partial charge in [0.15, 0.2) is 10.8 Å². The maximum Gasteiger partial charge on any atom is 0.334 e. The molecule has 32 heavy (non-hydrogen) atoms. The predicted molar refractivity (Wildman–Crippen MR) is 124 cm³/mol. The average Bonchev–Trinajstić information content (AvgIpc) is 3.23. The first-order valence-electron chi connectivity index (χ1n) is 9.94. The Morgan fingerprint density at radius 3 is 2.62 bits per heavy atom. The molecule has 0 fully saturated rings. The number of hydrogen-bond acceptors (Lipinski definition) is 6. The number of benzene rings is 2. The van der Waals surface area contributed by atoms with Crippen molar-refractivity contribution >= 4 is 38.0 Å². The molecule has 0 saturated carbocycles. The minimum absolute atomic E-state index is 0.0269. The summed E-state index contributed by atoms with van der Waals surface area (Å²) in [6.45, 7) is 0.337. The van der Waals surface area contributed by atoms with Crippen molar-refractivity contribution in [3.05, 3.63) is 80.3 Å². The Labute approximate surface area is 187 Å². The van der Waals surface area contributed by atoms with Crippen LogP contribution < -0.4 is 20.3 Å². The number of methoxy groups -OCH3 is 1. The molecule has 0 unspecified atom stereocenters. The van der Waals surface area contributed by atoms with Crippen molar-refractivity contribution in [2.75, 3.05) is 18.0 Å². The quantitative estimate of drug-likeness (QED) is 0.495. The molecule has 164 valence electrons. The van der Waals surface area contributed by atoms with Crippen molar-refractivity contribution in [3.8, 4) is 10.8 Å². The Bertz CT molecular complexity index is 1570. The number of thiophene rings is 1. The number of aromatic amines is 1. The van der Waals surface area contributed by atoms with Crippen molar-refractivity contribution in [2.45, 2.75) is 17.7 Å². The van der Waals surface area contributed by atoms with E-state index in [-0.39, 0.29) is 15.6 Å². The number of aryl methyl sites for hydroxylation is 1. The second-order valence-electron chi connectivity index (χ2n) is 7.36. The first kappa shape index (κ1) is 20.5. The molecule has 0 bridgehead atoms. The number of fused-ring (bicyclic) bond motifs is 2. The first-order chi connectivity index (χ1) is 15.4. The van der Waals surface area contributed by atoms with E-state index in [0.29, 0.717) is 29.6 Å². The molecule has 0 amide bonds. The molecule has 1 aliphatic heterocycles. The van der Waals surface area contributed by atoms with Crippen molar-refractivity contribution in [1.29, 1.82) is 0 Å². The Kier molecular flexibility index (Phi) is 4.90. The minimum Gasteiger partial charge on any atom is -0.492 e. The standard InChI is InChI=1S/C22H19N3O5S2/c1-30-19-18(32(28,29)24-12-6-8-14-7-2-5-11-17(14)24)13-31-21(19)25-20(26)15-9-3-4-10-16(15)23-22(25)27/h2-5,7,9-11,13H,6,8,12H2,1H3,(H,23,27). The zero-order chi connectivity index (χ0) is 22.5. The van der Waals surface area contributed by atoms with Crippen molar-refractivity contribution in [3.63, 3.8) is 0 Å². The average molecular weight is 470 g/mol. The number of para-hydroxylation sites is 2. The highest BCUT2D eigenvalue weighted by atomic mass is 32.2. The van der Waals surface area contributed by atoms with Crippen LogP contribution in [0.15, 0.2) is 68.4 Å². The van der Waals surface area contributed by atoms with Gasteiger partial charge in [0.25, 0.3) is 15.6 Å². The lowest BCUT2D eigenvalue weighted by molar-refractivity contribution is 0.403. The Morgan fingerprint density at radius 2 is 1.81 bits per heavy atom. The largest absolute Gasteiger partial charge is 0.492 e. The molecule has 0 aliphatic carbocycles. The predicted octanol–water partition coefficient (Wildman–Crippen LogP) is 2.89. The molecular formula is C22H19N3O5S2. The lowest BCUT2D eigenvalue weighted by Gasteiger charge is -2.30. The van der Waals surface area contributed by atoms with Gasteiger partial charge in [-0.15, -0.1) is 11.3 Å². The molecule has 1 aliphatic rings. The molecule has 10 heteroatoms. The zero-order valence-corrected chi connectivity index (χ0v) is 18.7. The molecule has 0 spiro atoms. The van der Waals surface area contributed by atoms with E-state index in [1.54, 1.807) is 36.4 Å². The van der Waals surface area contributed by atoms with Gasteiger partial charge >= 0.3 is 5.69 Å². The van der Waals surface area contributed by atoms with Crippen LogP contribution in [0.3, 0.4) is 0 Å². The van der Waals surface area contributed by atoms with Crippen LogP contribution in [0.25, 0.3) is 15.9 Å². The number of H-pyrrole nitrogens is 1. The second-order valence-corrected chi connectivity index (χ2v) is 10.1. The molecule has 0 radical (unpaired) electrons. The van der Waals surface area contributed by atoms with Gasteiger partial charge in [0.1, 0.15) is 4.90 Å². The molecule has 2 aromatic heterocycles. The van der Waals surface area contributed by atoms with Gasteiger partial charge in [-0.1, -0.05) is 30.3 Å². The Balaban J connectivity index is 1.70. The lowest BCUT2D eigenvalue weighted by atomic mass is 10.0. The molecule has 0 atom stereocenters. The fourth-order valence-electron chi connectivity index (χ4n) is 4.06. The molecular weight excluding hydrogens is 450 g/mol. The SMILES string of the molecule is COc1c(S(=O)(=O)N2CCCc3ccccc32)csc1-n1c(=O)[nH]c2ccccc2c1=O. The van der Waals surface area contributed by atoms with Gasteiger partial charge in [0.2, 0.25) is 0 Å². The topological polar surface area (TPSA) is 101 Å². The smallest absolute Gasteiger partial charge is 0.334 e. The summed E-state index contributed by atoms with van der Waals surface area (Å²) in [5.41, 5.74) is 0.790. The number of sulfonamides is 1. The summed E-state index contributed by atoms with van der Waals surface area (Å²) in [5.74, 6) is -0.0269. The normalized spacial score (nSPS) is 13.8. The summed E-state index contributed by atoms with van der Waals surface area (Å²) in [4.78, 5) is 28.4. The Morgan fingerprint density at radius 1 is 1.06 bits per heavy atom. The summed E-state index contributed by atoms with van der Waals surface area (Å²) in [5, 5.41) is 1.85. The Hall–Kier alpha value is -3.37. The molecule has 5 rings (SSSR count). The van der Waals surface area contributed by atoms with Crippen LogP contribution in [-0.2, 0) is 16.4 Å². The van der Waals surface area contributed by atoms with Crippen LogP contribution in [-0.4, -0.2) is 31.6 Å². The summed E-state index contributed by atoms with van der Waals surface area (Å²) in [6.07, 6.45) is 1.50. The van der Waals surface area contributed by atoms with Crippen molar-refractivity contribution in [2.24, 2.45) is 0 Å². The van der Waals surface area contributed by atoms with E-state index < -0.39 is 21.3 Å². The number of aromatic nitrogens is 2. The van der Waals surface area contributed by atoms with Crippen LogP contribution in [0.1, 0.15) is 12.0 Å². The van der Waals surface area contributed by atoms with Gasteiger partial charge in [-0.05, 0) is 36.6 Å². The van der Waals surface area contributed by atoms with Crippen molar-refractivity contribution in [1.82, 2.24) is 9.55 Å². The third kappa shape index (κ3) is 3.06. The monoisotopic (exact) mass is 469 g/mol. The van der Waals surface area contributed by atoms with Crippen LogP contribution >= 0.6 is 11.3 Å². The molecule has 0 saturated heterocycles. The fourth-order valence-corrected chi connectivity index (χ4v) is 7.11. The first-order valence-corrected chi connectivity index (χ1v) is 12.3. The van der Waals surface area contributed by atoms with E-state index in [1.807, 2.05) is 12.1 Å². The maximum atomic E-state index is 13.6. The molecule has 4 aromatic rings. The van der Waals surface area contributed by atoms with E-state index in [1.165, 1.54) is 16.8 Å². The van der Waals surface area contributed by atoms with Gasteiger partial charge < -0.3 is 9.72 Å². The number of nitrogens with zero attached hydrogens (tertiary/aromatic N) is 2. The third-order valence-electron chi connectivity index (χ3n) is 5.54. The van der Waals surface area contributed by atoms with Gasteiger partial charge in [-0.2, -0.15) is 0 Å². The fraction of sp³-hybridized carbons (Fsp3) is 0.182. The summed E-state index contributed by atoms with van der Waals surface area (Å²) in [6, 6.07) is 14.0. The number of rotatable bonds is 4. The lowest BCUT2D eigenvalue weighted by Crippen LogP contribution is -2.35.